The molecule has 0 radical (unpaired) electrons. The summed E-state index contributed by atoms with van der Waals surface area (Å²) in [4.78, 5) is 15.0. The van der Waals surface area contributed by atoms with E-state index in [1.54, 1.807) is 7.11 Å². The van der Waals surface area contributed by atoms with Crippen LogP contribution >= 0.6 is 0 Å². The van der Waals surface area contributed by atoms with Crippen LogP contribution in [0.4, 0.5) is 0 Å². The van der Waals surface area contributed by atoms with E-state index >= 15 is 0 Å². The zero-order valence-electron chi connectivity index (χ0n) is 23.2. The first-order chi connectivity index (χ1) is 20.7. The molecule has 0 N–H and O–H groups in total. The average molecular weight is 542 g/mol. The van der Waals surface area contributed by atoms with E-state index in [0.29, 0.717) is 11.9 Å². The maximum absolute atomic E-state index is 15.0. The van der Waals surface area contributed by atoms with Gasteiger partial charge in [-0.05, 0) is 61.6 Å². The molecule has 8 rings (SSSR count). The number of pyridine rings is 1. The molecule has 1 aromatic heterocycles. The Bertz CT molecular complexity index is 2390. The molecule has 42 heavy (non-hydrogen) atoms. The van der Waals surface area contributed by atoms with E-state index in [1.165, 1.54) is 0 Å². The highest BCUT2D eigenvalue weighted by Gasteiger charge is 2.22. The van der Waals surface area contributed by atoms with Gasteiger partial charge in [-0.3, -0.25) is 4.79 Å². The molecular formula is C39H27NO2. The summed E-state index contributed by atoms with van der Waals surface area (Å²) < 4.78 is 7.80. The first-order valence-electron chi connectivity index (χ1n) is 14.2. The summed E-state index contributed by atoms with van der Waals surface area (Å²) >= 11 is 0. The summed E-state index contributed by atoms with van der Waals surface area (Å²) in [5.41, 5.74) is 3.79. The van der Waals surface area contributed by atoms with Crippen LogP contribution in [0.5, 0.6) is 5.75 Å². The summed E-state index contributed by atoms with van der Waals surface area (Å²) in [5, 5.41) is 9.56. The molecule has 0 aliphatic rings. The molecule has 8 aromatic rings. The highest BCUT2D eigenvalue weighted by atomic mass is 16.5. The molecule has 3 heteroatoms. The summed E-state index contributed by atoms with van der Waals surface area (Å²) in [6.45, 7) is 0.476. The van der Waals surface area contributed by atoms with Crippen LogP contribution in [0.2, 0.25) is 0 Å². The minimum Gasteiger partial charge on any atom is -0.496 e. The Morgan fingerprint density at radius 3 is 1.93 bits per heavy atom. The molecule has 7 aromatic carbocycles. The molecule has 0 spiro atoms. The fraction of sp³-hybridized carbons (Fsp3) is 0.0513. The molecule has 0 saturated heterocycles. The molecule has 0 aliphatic carbocycles. The van der Waals surface area contributed by atoms with E-state index < -0.39 is 0 Å². The maximum atomic E-state index is 15.0. The van der Waals surface area contributed by atoms with Gasteiger partial charge in [0, 0.05) is 16.3 Å². The van der Waals surface area contributed by atoms with Crippen LogP contribution in [-0.2, 0) is 6.54 Å². The fourth-order valence-electron chi connectivity index (χ4n) is 6.64. The Kier molecular flexibility index (Phi) is 5.58. The second kappa shape index (κ2) is 9.60. The zero-order valence-corrected chi connectivity index (χ0v) is 23.2. The Labute approximate surface area is 242 Å². The number of benzene rings is 7. The van der Waals surface area contributed by atoms with Gasteiger partial charge in [0.25, 0.3) is 5.56 Å². The van der Waals surface area contributed by atoms with Gasteiger partial charge in [0.05, 0.1) is 24.6 Å². The maximum Gasteiger partial charge on any atom is 0.259 e. The van der Waals surface area contributed by atoms with Crippen molar-refractivity contribution in [3.8, 4) is 16.9 Å². The number of methoxy groups -OCH3 is 1. The monoisotopic (exact) mass is 541 g/mol. The molecule has 0 atom stereocenters. The minimum atomic E-state index is -0.00706. The molecule has 200 valence electrons. The van der Waals surface area contributed by atoms with Gasteiger partial charge in [0.1, 0.15) is 5.75 Å². The van der Waals surface area contributed by atoms with E-state index in [4.69, 9.17) is 4.74 Å². The summed E-state index contributed by atoms with van der Waals surface area (Å²) in [7, 11) is 1.69. The van der Waals surface area contributed by atoms with Crippen LogP contribution in [0.3, 0.4) is 0 Å². The van der Waals surface area contributed by atoms with Crippen molar-refractivity contribution in [2.24, 2.45) is 0 Å². The quantitative estimate of drug-likeness (QED) is 0.208. The van der Waals surface area contributed by atoms with Crippen molar-refractivity contribution in [2.75, 3.05) is 7.11 Å². The van der Waals surface area contributed by atoms with E-state index in [2.05, 4.69) is 97.1 Å². The normalized spacial score (nSPS) is 11.6. The van der Waals surface area contributed by atoms with Gasteiger partial charge in [-0.25, -0.2) is 0 Å². The molecule has 0 aliphatic heterocycles. The highest BCUT2D eigenvalue weighted by molar-refractivity contribution is 6.33. The van der Waals surface area contributed by atoms with Gasteiger partial charge in [0.2, 0.25) is 0 Å². The molecule has 3 nitrogen and oxygen atoms in total. The second-order valence-electron chi connectivity index (χ2n) is 10.8. The molecule has 0 saturated carbocycles. The third-order valence-corrected chi connectivity index (χ3v) is 8.52. The number of ether oxygens (including phenoxy) is 1. The smallest absolute Gasteiger partial charge is 0.259 e. The summed E-state index contributed by atoms with van der Waals surface area (Å²) in [6, 6.07) is 46.0. The molecule has 0 amide bonds. The predicted molar refractivity (Wildman–Crippen MR) is 176 cm³/mol. The van der Waals surface area contributed by atoms with E-state index in [0.717, 1.165) is 71.0 Å². The number of rotatable bonds is 4. The average Bonchev–Trinajstić information content (AvgIpc) is 3.05. The third-order valence-electron chi connectivity index (χ3n) is 8.52. The lowest BCUT2D eigenvalue weighted by molar-refractivity contribution is 0.416. The van der Waals surface area contributed by atoms with Gasteiger partial charge < -0.3 is 9.30 Å². The SMILES string of the molecule is COc1ccccc1-c1cc2ccc3ccccc3c2c2c1c(=O)n(Cc1ccccc1)c1ccc3ccccc3c21. The highest BCUT2D eigenvalue weighted by Crippen LogP contribution is 2.44. The third kappa shape index (κ3) is 3.64. The van der Waals surface area contributed by atoms with E-state index in [-0.39, 0.29) is 5.56 Å². The Hall–Kier alpha value is -5.41. The number of aromatic nitrogens is 1. The van der Waals surface area contributed by atoms with Gasteiger partial charge in [-0.1, -0.05) is 115 Å². The van der Waals surface area contributed by atoms with Crippen molar-refractivity contribution in [1.82, 2.24) is 4.57 Å². The first kappa shape index (κ1) is 24.4. The van der Waals surface area contributed by atoms with Crippen LogP contribution in [-0.4, -0.2) is 11.7 Å². The Morgan fingerprint density at radius 2 is 1.17 bits per heavy atom. The lowest BCUT2D eigenvalue weighted by Crippen LogP contribution is -2.22. The molecule has 0 fully saturated rings. The van der Waals surface area contributed by atoms with E-state index in [9.17, 15) is 4.79 Å². The minimum absolute atomic E-state index is 0.00706. The molecule has 0 unspecified atom stereocenters. The summed E-state index contributed by atoms with van der Waals surface area (Å²) in [6.07, 6.45) is 0. The second-order valence-corrected chi connectivity index (χ2v) is 10.8. The lowest BCUT2D eigenvalue weighted by atomic mass is 9.88. The van der Waals surface area contributed by atoms with Crippen molar-refractivity contribution in [1.29, 1.82) is 0 Å². The Morgan fingerprint density at radius 1 is 0.548 bits per heavy atom. The van der Waals surface area contributed by atoms with E-state index in [1.807, 2.05) is 41.0 Å². The molecular weight excluding hydrogens is 514 g/mol. The van der Waals surface area contributed by atoms with Crippen LogP contribution in [0.1, 0.15) is 5.56 Å². The van der Waals surface area contributed by atoms with Crippen molar-refractivity contribution < 1.29 is 4.74 Å². The Balaban J connectivity index is 1.70. The fourth-order valence-corrected chi connectivity index (χ4v) is 6.64. The molecule has 1 heterocycles. The standard InChI is InChI=1S/C39H27NO2/c1-42-34-18-10-9-17-31(34)32-23-28-20-19-26-13-5-7-15-29(26)35(28)38-36-30-16-8-6-14-27(30)21-22-33(36)40(39(41)37(32)38)24-25-11-3-2-4-12-25/h2-23H,24H2,1H3. The number of nitrogens with zero attached hydrogens (tertiary/aromatic N) is 1. The van der Waals surface area contributed by atoms with Crippen molar-refractivity contribution in [3.63, 3.8) is 0 Å². The largest absolute Gasteiger partial charge is 0.496 e. The van der Waals surface area contributed by atoms with Crippen LogP contribution in [0.25, 0.3) is 65.1 Å². The van der Waals surface area contributed by atoms with Crippen molar-refractivity contribution in [3.05, 3.63) is 149 Å². The van der Waals surface area contributed by atoms with Gasteiger partial charge in [-0.2, -0.15) is 0 Å². The molecule has 0 bridgehead atoms. The number of fused-ring (bicyclic) bond motifs is 9. The predicted octanol–water partition coefficient (Wildman–Crippen LogP) is 9.34. The summed E-state index contributed by atoms with van der Waals surface area (Å²) in [5.74, 6) is 0.742. The van der Waals surface area contributed by atoms with Gasteiger partial charge >= 0.3 is 0 Å². The number of para-hydroxylation sites is 1. The van der Waals surface area contributed by atoms with Gasteiger partial charge in [0.15, 0.2) is 0 Å². The number of hydrogen-bond donors (Lipinski definition) is 0. The van der Waals surface area contributed by atoms with Crippen LogP contribution < -0.4 is 10.3 Å². The topological polar surface area (TPSA) is 31.2 Å². The van der Waals surface area contributed by atoms with Crippen LogP contribution in [0.15, 0.2) is 138 Å². The zero-order chi connectivity index (χ0) is 28.2. The number of hydrogen-bond acceptors (Lipinski definition) is 2. The van der Waals surface area contributed by atoms with Crippen molar-refractivity contribution >= 4 is 54.0 Å². The van der Waals surface area contributed by atoms with Crippen molar-refractivity contribution in [2.45, 2.75) is 6.54 Å². The van der Waals surface area contributed by atoms with Crippen LogP contribution in [0, 0.1) is 0 Å². The first-order valence-corrected chi connectivity index (χ1v) is 14.2. The lowest BCUT2D eigenvalue weighted by Gasteiger charge is -2.20. The van der Waals surface area contributed by atoms with Gasteiger partial charge in [-0.15, -0.1) is 0 Å².